The highest BCUT2D eigenvalue weighted by molar-refractivity contribution is 9.10. The molecule has 1 N–H and O–H groups in total. The van der Waals surface area contributed by atoms with E-state index in [1.54, 1.807) is 18.9 Å². The van der Waals surface area contributed by atoms with Gasteiger partial charge in [0.2, 0.25) is 11.8 Å². The lowest BCUT2D eigenvalue weighted by molar-refractivity contribution is -0.139. The predicted octanol–water partition coefficient (Wildman–Crippen LogP) is 3.46. The molecule has 1 atom stereocenters. The van der Waals surface area contributed by atoms with Crippen LogP contribution in [0, 0.1) is 6.92 Å². The monoisotopic (exact) mass is 402 g/mol. The highest BCUT2D eigenvalue weighted by Crippen LogP contribution is 2.17. The van der Waals surface area contributed by atoms with Crippen molar-refractivity contribution < 1.29 is 9.59 Å². The molecule has 0 bridgehead atoms. The van der Waals surface area contributed by atoms with Crippen LogP contribution >= 0.6 is 15.9 Å². The molecule has 0 aliphatic carbocycles. The average molecular weight is 403 g/mol. The normalized spacial score (nSPS) is 11.7. The fraction of sp³-hybridized carbons (Fsp3) is 0.300. The molecule has 0 aromatic heterocycles. The summed E-state index contributed by atoms with van der Waals surface area (Å²) in [5.41, 5.74) is 3.03. The van der Waals surface area contributed by atoms with Crippen LogP contribution in [0.4, 0.5) is 0 Å². The molecule has 0 saturated heterocycles. The minimum atomic E-state index is -0.541. The largest absolute Gasteiger partial charge is 0.357 e. The third kappa shape index (κ3) is 5.16. The summed E-state index contributed by atoms with van der Waals surface area (Å²) < 4.78 is 0.948. The van der Waals surface area contributed by atoms with Crippen molar-refractivity contribution in [2.45, 2.75) is 32.9 Å². The number of hydrogen-bond donors (Lipinski definition) is 1. The Morgan fingerprint density at radius 1 is 1.16 bits per heavy atom. The van der Waals surface area contributed by atoms with Crippen LogP contribution in [-0.4, -0.2) is 29.8 Å². The zero-order valence-electron chi connectivity index (χ0n) is 14.8. The highest BCUT2D eigenvalue weighted by Gasteiger charge is 2.25. The first kappa shape index (κ1) is 19.2. The van der Waals surface area contributed by atoms with Crippen molar-refractivity contribution in [3.8, 4) is 0 Å². The second kappa shape index (κ2) is 8.81. The molecule has 0 radical (unpaired) electrons. The van der Waals surface area contributed by atoms with E-state index in [1.165, 1.54) is 0 Å². The molecule has 2 rings (SSSR count). The van der Waals surface area contributed by atoms with E-state index in [4.69, 9.17) is 0 Å². The first-order chi connectivity index (χ1) is 11.9. The molecule has 1 unspecified atom stereocenters. The Balaban J connectivity index is 2.25. The number of amides is 2. The van der Waals surface area contributed by atoms with Crippen LogP contribution < -0.4 is 5.32 Å². The Labute approximate surface area is 157 Å². The summed E-state index contributed by atoms with van der Waals surface area (Å²) in [5, 5.41) is 2.63. The van der Waals surface area contributed by atoms with Crippen LogP contribution in [0.25, 0.3) is 0 Å². The molecule has 25 heavy (non-hydrogen) atoms. The van der Waals surface area contributed by atoms with Crippen molar-refractivity contribution in [1.82, 2.24) is 10.2 Å². The number of rotatable bonds is 6. The fourth-order valence-corrected chi connectivity index (χ4v) is 3.14. The fourth-order valence-electron chi connectivity index (χ4n) is 2.70. The van der Waals surface area contributed by atoms with E-state index in [-0.39, 0.29) is 18.2 Å². The maximum atomic E-state index is 13.0. The highest BCUT2D eigenvalue weighted by atomic mass is 79.9. The van der Waals surface area contributed by atoms with E-state index in [0.717, 1.165) is 21.2 Å². The maximum absolute atomic E-state index is 13.0. The Morgan fingerprint density at radius 3 is 2.52 bits per heavy atom. The van der Waals surface area contributed by atoms with E-state index in [0.29, 0.717) is 6.54 Å². The lowest BCUT2D eigenvalue weighted by Crippen LogP contribution is -2.47. The average Bonchev–Trinajstić information content (AvgIpc) is 2.60. The van der Waals surface area contributed by atoms with Gasteiger partial charge < -0.3 is 10.2 Å². The van der Waals surface area contributed by atoms with Crippen LogP contribution in [0.15, 0.2) is 53.0 Å². The summed E-state index contributed by atoms with van der Waals surface area (Å²) in [6.45, 7) is 4.13. The topological polar surface area (TPSA) is 49.4 Å². The third-order valence-electron chi connectivity index (χ3n) is 4.26. The third-order valence-corrected chi connectivity index (χ3v) is 4.75. The molecular weight excluding hydrogens is 380 g/mol. The standard InChI is InChI=1S/C20H23BrN2O2/c1-14-7-4-5-9-17(14)12-19(24)23(15(2)20(25)22-3)13-16-8-6-10-18(21)11-16/h4-11,15H,12-13H2,1-3H3,(H,22,25). The smallest absolute Gasteiger partial charge is 0.242 e. The first-order valence-electron chi connectivity index (χ1n) is 8.22. The molecule has 0 heterocycles. The number of halogens is 1. The van der Waals surface area contributed by atoms with Crippen LogP contribution in [0.1, 0.15) is 23.6 Å². The summed E-state index contributed by atoms with van der Waals surface area (Å²) in [6, 6.07) is 15.1. The molecule has 0 saturated carbocycles. The van der Waals surface area contributed by atoms with Crippen LogP contribution in [0.5, 0.6) is 0 Å². The van der Waals surface area contributed by atoms with Crippen molar-refractivity contribution in [3.63, 3.8) is 0 Å². The van der Waals surface area contributed by atoms with Crippen molar-refractivity contribution in [1.29, 1.82) is 0 Å². The molecule has 0 aliphatic rings. The number of carbonyl (C=O) groups is 2. The van der Waals surface area contributed by atoms with Crippen molar-refractivity contribution in [3.05, 3.63) is 69.7 Å². The number of aryl methyl sites for hydroxylation is 1. The van der Waals surface area contributed by atoms with Gasteiger partial charge in [0.05, 0.1) is 6.42 Å². The number of hydrogen-bond acceptors (Lipinski definition) is 2. The minimum Gasteiger partial charge on any atom is -0.357 e. The van der Waals surface area contributed by atoms with Gasteiger partial charge in [0, 0.05) is 18.1 Å². The van der Waals surface area contributed by atoms with E-state index >= 15 is 0 Å². The maximum Gasteiger partial charge on any atom is 0.242 e. The van der Waals surface area contributed by atoms with Gasteiger partial charge in [-0.15, -0.1) is 0 Å². The Kier molecular flexibility index (Phi) is 6.76. The first-order valence-corrected chi connectivity index (χ1v) is 9.01. The van der Waals surface area contributed by atoms with Crippen LogP contribution in [0.3, 0.4) is 0 Å². The van der Waals surface area contributed by atoms with Gasteiger partial charge in [-0.25, -0.2) is 0 Å². The van der Waals surface area contributed by atoms with Crippen molar-refractivity contribution in [2.24, 2.45) is 0 Å². The molecule has 4 nitrogen and oxygen atoms in total. The van der Waals surface area contributed by atoms with E-state index in [2.05, 4.69) is 21.2 Å². The Morgan fingerprint density at radius 2 is 1.88 bits per heavy atom. The summed E-state index contributed by atoms with van der Waals surface area (Å²) >= 11 is 3.45. The van der Waals surface area contributed by atoms with Crippen molar-refractivity contribution in [2.75, 3.05) is 7.05 Å². The number of likely N-dealkylation sites (N-methyl/N-ethyl adjacent to an activating group) is 1. The molecule has 0 spiro atoms. The quantitative estimate of drug-likeness (QED) is 0.803. The van der Waals surface area contributed by atoms with Crippen LogP contribution in [0.2, 0.25) is 0 Å². The molecule has 5 heteroatoms. The van der Waals surface area contributed by atoms with Gasteiger partial charge in [-0.1, -0.05) is 52.3 Å². The lowest BCUT2D eigenvalue weighted by atomic mass is 10.0. The van der Waals surface area contributed by atoms with E-state index in [1.807, 2.05) is 55.5 Å². The zero-order chi connectivity index (χ0) is 18.4. The van der Waals surface area contributed by atoms with Gasteiger partial charge in [0.1, 0.15) is 6.04 Å². The molecule has 2 aromatic rings. The molecule has 2 amide bonds. The summed E-state index contributed by atoms with van der Waals surface area (Å²) in [5.74, 6) is -0.237. The SMILES string of the molecule is CNC(=O)C(C)N(Cc1cccc(Br)c1)C(=O)Cc1ccccc1C. The van der Waals surface area contributed by atoms with Gasteiger partial charge in [0.15, 0.2) is 0 Å². The predicted molar refractivity (Wildman–Crippen MR) is 103 cm³/mol. The minimum absolute atomic E-state index is 0.0645. The van der Waals surface area contributed by atoms with Crippen LogP contribution in [-0.2, 0) is 22.6 Å². The number of nitrogens with one attached hydrogen (secondary N) is 1. The zero-order valence-corrected chi connectivity index (χ0v) is 16.3. The lowest BCUT2D eigenvalue weighted by Gasteiger charge is -2.28. The summed E-state index contributed by atoms with van der Waals surface area (Å²) in [6.07, 6.45) is 0.280. The number of carbonyl (C=O) groups excluding carboxylic acids is 2. The Hall–Kier alpha value is -2.14. The second-order valence-corrected chi connectivity index (χ2v) is 6.96. The van der Waals surface area contributed by atoms with Gasteiger partial charge in [0.25, 0.3) is 0 Å². The molecule has 0 fully saturated rings. The summed E-state index contributed by atoms with van der Waals surface area (Å²) in [7, 11) is 1.59. The van der Waals surface area contributed by atoms with Gasteiger partial charge in [-0.3, -0.25) is 9.59 Å². The number of nitrogens with zero attached hydrogens (tertiary/aromatic N) is 1. The van der Waals surface area contributed by atoms with Gasteiger partial charge in [-0.05, 0) is 42.7 Å². The number of benzene rings is 2. The summed E-state index contributed by atoms with van der Waals surface area (Å²) in [4.78, 5) is 26.7. The van der Waals surface area contributed by atoms with Crippen molar-refractivity contribution >= 4 is 27.7 Å². The molecule has 0 aliphatic heterocycles. The second-order valence-electron chi connectivity index (χ2n) is 6.05. The van der Waals surface area contributed by atoms with E-state index in [9.17, 15) is 9.59 Å². The molecule has 2 aromatic carbocycles. The Bertz CT molecular complexity index is 761. The van der Waals surface area contributed by atoms with Gasteiger partial charge in [-0.2, -0.15) is 0 Å². The van der Waals surface area contributed by atoms with E-state index < -0.39 is 6.04 Å². The molecule has 132 valence electrons. The molecular formula is C20H23BrN2O2. The van der Waals surface area contributed by atoms with Gasteiger partial charge >= 0.3 is 0 Å².